The van der Waals surface area contributed by atoms with E-state index in [0.29, 0.717) is 6.61 Å². The second-order valence-corrected chi connectivity index (χ2v) is 2.60. The van der Waals surface area contributed by atoms with Gasteiger partial charge in [-0.2, -0.15) is 0 Å². The maximum atomic E-state index is 7.97. The van der Waals surface area contributed by atoms with Gasteiger partial charge in [0.1, 0.15) is 0 Å². The van der Waals surface area contributed by atoms with Crippen molar-refractivity contribution < 1.29 is 4.84 Å². The molecule has 0 fully saturated rings. The second kappa shape index (κ2) is 8.92. The molecule has 0 N–H and O–H groups in total. The molecular weight excluding hydrogens is 126 g/mol. The van der Waals surface area contributed by atoms with Crippen molar-refractivity contribution >= 4 is 0 Å². The molecule has 0 spiro atoms. The fourth-order valence-electron chi connectivity index (χ4n) is 0.947. The van der Waals surface area contributed by atoms with Crippen LogP contribution in [0.4, 0.5) is 0 Å². The first-order chi connectivity index (χ1) is 4.91. The van der Waals surface area contributed by atoms with Gasteiger partial charge >= 0.3 is 0 Å². The third kappa shape index (κ3) is 7.92. The van der Waals surface area contributed by atoms with Crippen LogP contribution in [0.5, 0.6) is 0 Å². The first kappa shape index (κ1) is 9.92. The summed E-state index contributed by atoms with van der Waals surface area (Å²) in [6.45, 7) is 2.70. The van der Waals surface area contributed by atoms with Crippen molar-refractivity contribution in [3.63, 3.8) is 0 Å². The van der Waals surface area contributed by atoms with Crippen molar-refractivity contribution in [1.82, 2.24) is 5.90 Å². The smallest absolute Gasteiger partial charge is 0.0720 e. The molecule has 10 heavy (non-hydrogen) atoms. The molecule has 0 bridgehead atoms. The van der Waals surface area contributed by atoms with E-state index in [0.717, 1.165) is 6.42 Å². The maximum Gasteiger partial charge on any atom is 0.0720 e. The highest BCUT2D eigenvalue weighted by Crippen LogP contribution is 2.04. The van der Waals surface area contributed by atoms with Gasteiger partial charge in [-0.3, -0.25) is 4.84 Å². The molecule has 0 atom stereocenters. The van der Waals surface area contributed by atoms with Crippen LogP contribution in [-0.4, -0.2) is 6.61 Å². The zero-order chi connectivity index (χ0) is 7.66. The van der Waals surface area contributed by atoms with Crippen molar-refractivity contribution in [1.29, 1.82) is 0 Å². The third-order valence-electron chi connectivity index (χ3n) is 1.59. The minimum Gasteiger partial charge on any atom is -0.264 e. The van der Waals surface area contributed by atoms with Crippen LogP contribution in [0.1, 0.15) is 45.4 Å². The lowest BCUT2D eigenvalue weighted by Crippen LogP contribution is -1.90. The van der Waals surface area contributed by atoms with Gasteiger partial charge in [-0.05, 0) is 6.42 Å². The average molecular weight is 143 g/mol. The van der Waals surface area contributed by atoms with Gasteiger partial charge in [0.05, 0.1) is 6.61 Å². The minimum atomic E-state index is 0.492. The van der Waals surface area contributed by atoms with Crippen LogP contribution in [0.25, 0.3) is 0 Å². The molecule has 0 heterocycles. The minimum absolute atomic E-state index is 0.492. The lowest BCUT2D eigenvalue weighted by atomic mass is 10.1. The highest BCUT2D eigenvalue weighted by Gasteiger charge is 1.88. The Morgan fingerprint density at radius 2 is 1.60 bits per heavy atom. The maximum absolute atomic E-state index is 7.97. The summed E-state index contributed by atoms with van der Waals surface area (Å²) in [5.74, 6) is 7.97. The van der Waals surface area contributed by atoms with Crippen LogP contribution >= 0.6 is 0 Å². The summed E-state index contributed by atoms with van der Waals surface area (Å²) < 4.78 is 0. The Morgan fingerprint density at radius 1 is 1.00 bits per heavy atom. The Balaban J connectivity index is 2.65. The fourth-order valence-corrected chi connectivity index (χ4v) is 0.947. The van der Waals surface area contributed by atoms with Gasteiger partial charge in [0, 0.05) is 5.90 Å². The van der Waals surface area contributed by atoms with E-state index in [9.17, 15) is 0 Å². The zero-order valence-electron chi connectivity index (χ0n) is 6.81. The number of hydrogen-bond acceptors (Lipinski definition) is 1. The molecule has 2 radical (unpaired) electrons. The summed E-state index contributed by atoms with van der Waals surface area (Å²) in [6, 6.07) is 0. The van der Waals surface area contributed by atoms with Crippen LogP contribution in [0, 0.1) is 0 Å². The Labute approximate surface area is 63.7 Å². The van der Waals surface area contributed by atoms with E-state index < -0.39 is 0 Å². The van der Waals surface area contributed by atoms with Crippen molar-refractivity contribution in [2.75, 3.05) is 6.61 Å². The van der Waals surface area contributed by atoms with E-state index in [1.807, 2.05) is 0 Å². The van der Waals surface area contributed by atoms with Gasteiger partial charge in [-0.15, -0.1) is 0 Å². The molecule has 2 nitrogen and oxygen atoms in total. The fraction of sp³-hybridized carbons (Fsp3) is 1.00. The van der Waals surface area contributed by atoms with E-state index in [1.165, 1.54) is 32.1 Å². The van der Waals surface area contributed by atoms with Crippen LogP contribution in [0.15, 0.2) is 0 Å². The van der Waals surface area contributed by atoms with Crippen LogP contribution < -0.4 is 5.90 Å². The molecule has 0 saturated heterocycles. The molecule has 0 unspecified atom stereocenters. The third-order valence-corrected chi connectivity index (χ3v) is 1.59. The molecule has 0 aromatic heterocycles. The highest BCUT2D eigenvalue weighted by molar-refractivity contribution is 4.42. The molecule has 0 aliphatic rings. The van der Waals surface area contributed by atoms with Gasteiger partial charge in [-0.25, -0.2) is 0 Å². The van der Waals surface area contributed by atoms with Crippen molar-refractivity contribution in [3.05, 3.63) is 0 Å². The lowest BCUT2D eigenvalue weighted by molar-refractivity contribution is 0.114. The Hall–Kier alpha value is -0.0800. The molecule has 0 aliphatic heterocycles. The Morgan fingerprint density at radius 3 is 2.20 bits per heavy atom. The monoisotopic (exact) mass is 143 g/mol. The quantitative estimate of drug-likeness (QED) is 0.397. The zero-order valence-corrected chi connectivity index (χ0v) is 6.81. The van der Waals surface area contributed by atoms with Crippen molar-refractivity contribution in [2.45, 2.75) is 45.4 Å². The summed E-state index contributed by atoms with van der Waals surface area (Å²) >= 11 is 0. The average Bonchev–Trinajstić information content (AvgIpc) is 1.97. The molecule has 0 amide bonds. The molecule has 0 saturated carbocycles. The van der Waals surface area contributed by atoms with Crippen LogP contribution in [0.2, 0.25) is 0 Å². The lowest BCUT2D eigenvalue weighted by Gasteiger charge is -1.97. The number of nitrogens with zero attached hydrogens (tertiary/aromatic N) is 1. The first-order valence-corrected chi connectivity index (χ1v) is 4.18. The normalized spacial score (nSPS) is 10.2. The summed E-state index contributed by atoms with van der Waals surface area (Å²) in [5.41, 5.74) is 0. The Kier molecular flexibility index (Phi) is 8.85. The van der Waals surface area contributed by atoms with Crippen LogP contribution in [-0.2, 0) is 4.84 Å². The Bertz CT molecular complexity index is 49.2. The van der Waals surface area contributed by atoms with E-state index in [4.69, 9.17) is 5.90 Å². The molecule has 0 aromatic carbocycles. The van der Waals surface area contributed by atoms with Gasteiger partial charge in [0.15, 0.2) is 0 Å². The molecule has 0 aliphatic carbocycles. The predicted octanol–water partition coefficient (Wildman–Crippen LogP) is 2.35. The van der Waals surface area contributed by atoms with Crippen LogP contribution in [0.3, 0.4) is 0 Å². The number of rotatable bonds is 7. The SMILES string of the molecule is CCCCCCCCO[N]. The van der Waals surface area contributed by atoms with E-state index in [1.54, 1.807) is 0 Å². The highest BCUT2D eigenvalue weighted by atomic mass is 16.6. The summed E-state index contributed by atoms with van der Waals surface area (Å²) in [7, 11) is 0. The van der Waals surface area contributed by atoms with Gasteiger partial charge in [0.2, 0.25) is 0 Å². The van der Waals surface area contributed by atoms with Gasteiger partial charge in [0.25, 0.3) is 0 Å². The number of unbranched alkanes of at least 4 members (excludes halogenated alkanes) is 5. The van der Waals surface area contributed by atoms with E-state index in [-0.39, 0.29) is 0 Å². The number of hydrogen-bond donors (Lipinski definition) is 0. The second-order valence-electron chi connectivity index (χ2n) is 2.60. The molecule has 60 valence electrons. The van der Waals surface area contributed by atoms with E-state index >= 15 is 0 Å². The van der Waals surface area contributed by atoms with Gasteiger partial charge in [-0.1, -0.05) is 39.0 Å². The summed E-state index contributed by atoms with van der Waals surface area (Å²) in [6.07, 6.45) is 7.39. The predicted molar refractivity (Wildman–Crippen MR) is 41.5 cm³/mol. The molecule has 0 aromatic rings. The van der Waals surface area contributed by atoms with Gasteiger partial charge < -0.3 is 0 Å². The molecule has 2 heteroatoms. The first-order valence-electron chi connectivity index (χ1n) is 4.18. The largest absolute Gasteiger partial charge is 0.264 e. The van der Waals surface area contributed by atoms with E-state index in [2.05, 4.69) is 11.8 Å². The summed E-state index contributed by atoms with van der Waals surface area (Å²) in [5, 5.41) is 0. The molecule has 0 rings (SSSR count). The standard InChI is InChI=1S/C8H17NO/c1-2-3-4-5-6-7-8-10-9/h2-8H2,1H3. The van der Waals surface area contributed by atoms with Crippen molar-refractivity contribution in [3.8, 4) is 0 Å². The summed E-state index contributed by atoms with van der Waals surface area (Å²) in [4.78, 5) is 3.95. The van der Waals surface area contributed by atoms with Crippen molar-refractivity contribution in [2.24, 2.45) is 0 Å². The molecular formula is C8H17NO. The topological polar surface area (TPSA) is 31.5 Å².